The van der Waals surface area contributed by atoms with Gasteiger partial charge >= 0.3 is 5.97 Å². The van der Waals surface area contributed by atoms with Crippen LogP contribution in [0, 0.1) is 67.7 Å². The minimum atomic E-state index is -0.493. The second-order valence-electron chi connectivity index (χ2n) is 5.35. The number of aliphatic hydroxyl groups is 1. The van der Waals surface area contributed by atoms with Crippen molar-refractivity contribution in [1.82, 2.24) is 0 Å². The fourth-order valence-corrected chi connectivity index (χ4v) is 3.53. The Morgan fingerprint density at radius 2 is 2.18 bits per heavy atom. The van der Waals surface area contributed by atoms with Gasteiger partial charge in [0.15, 0.2) is 0 Å². The number of allylic oxidation sites excluding steroid dienone is 2. The third-order valence-electron chi connectivity index (χ3n) is 4.39. The monoisotopic (exact) mass is 449 g/mol. The van der Waals surface area contributed by atoms with E-state index in [9.17, 15) is 9.90 Å². The maximum absolute atomic E-state index is 11.6. The molecule has 4 heteroatoms. The summed E-state index contributed by atoms with van der Waals surface area (Å²) >= 11 is 0. The molecule has 1 aliphatic heterocycles. The molecule has 0 spiro atoms. The first-order chi connectivity index (χ1) is 7.75. The minimum absolute atomic E-state index is 0. The van der Waals surface area contributed by atoms with Crippen LogP contribution >= 0.6 is 0 Å². The number of cyclic esters (lactones) is 1. The van der Waals surface area contributed by atoms with Crippen molar-refractivity contribution in [3.63, 3.8) is 0 Å². The largest absolute Gasteiger partial charge is 0.465 e. The third kappa shape index (κ3) is 2.65. The van der Waals surface area contributed by atoms with Crippen molar-refractivity contribution in [3.8, 4) is 0 Å². The number of esters is 1. The molecule has 0 amide bonds. The first kappa shape index (κ1) is 14.0. The summed E-state index contributed by atoms with van der Waals surface area (Å²) in [4.78, 5) is 11.6. The summed E-state index contributed by atoms with van der Waals surface area (Å²) in [6, 6.07) is 0. The van der Waals surface area contributed by atoms with Crippen molar-refractivity contribution in [2.24, 2.45) is 23.7 Å². The van der Waals surface area contributed by atoms with Crippen LogP contribution in [0.5, 0.6) is 0 Å². The second kappa shape index (κ2) is 5.72. The van der Waals surface area contributed by atoms with Crippen LogP contribution in [0.15, 0.2) is 12.2 Å². The molecule has 0 aromatic rings. The van der Waals surface area contributed by atoms with Gasteiger partial charge in [0.05, 0.1) is 18.6 Å². The number of ether oxygens (including phenoxy) is 1. The molecule has 1 radical (unpaired) electrons. The molecule has 1 heterocycles. The van der Waals surface area contributed by atoms with E-state index in [0.29, 0.717) is 18.4 Å². The molecule has 1 saturated heterocycles. The Hall–Kier alpha value is 0.612. The van der Waals surface area contributed by atoms with Gasteiger partial charge in [-0.15, -0.1) is 0 Å². The van der Waals surface area contributed by atoms with Gasteiger partial charge in [0.2, 0.25) is 0 Å². The number of fused-ring (bicyclic) bond motifs is 2. The fraction of sp³-hybridized carbons (Fsp3) is 0.769. The van der Waals surface area contributed by atoms with Gasteiger partial charge < -0.3 is 9.84 Å². The molecule has 91 valence electrons. The Morgan fingerprint density at radius 1 is 1.35 bits per heavy atom. The summed E-state index contributed by atoms with van der Waals surface area (Å²) in [5.41, 5.74) is 0. The zero-order chi connectivity index (χ0) is 11.1. The minimum Gasteiger partial charge on any atom is -0.465 e. The van der Waals surface area contributed by atoms with E-state index < -0.39 is 6.10 Å². The predicted octanol–water partition coefficient (Wildman–Crippen LogP) is 1.51. The van der Waals surface area contributed by atoms with Crippen molar-refractivity contribution in [2.75, 3.05) is 6.61 Å². The predicted molar refractivity (Wildman–Crippen MR) is 58.5 cm³/mol. The van der Waals surface area contributed by atoms with Gasteiger partial charge in [-0.05, 0) is 43.4 Å². The summed E-state index contributed by atoms with van der Waals surface area (Å²) in [6.45, 7) is 0.526. The van der Waals surface area contributed by atoms with Gasteiger partial charge in [0, 0.05) is 44.1 Å². The zero-order valence-electron chi connectivity index (χ0n) is 9.92. The molecule has 3 aliphatic rings. The zero-order valence-corrected chi connectivity index (χ0v) is 14.7. The van der Waals surface area contributed by atoms with Crippen molar-refractivity contribution in [1.29, 1.82) is 0 Å². The van der Waals surface area contributed by atoms with E-state index in [1.165, 1.54) is 6.42 Å². The maximum Gasteiger partial charge on any atom is 0.311 e. The number of hydrogen-bond donors (Lipinski definition) is 1. The van der Waals surface area contributed by atoms with E-state index in [2.05, 4.69) is 12.2 Å². The van der Waals surface area contributed by atoms with Gasteiger partial charge in [-0.1, -0.05) is 12.2 Å². The van der Waals surface area contributed by atoms with Crippen molar-refractivity contribution < 1.29 is 58.7 Å². The van der Waals surface area contributed by atoms with E-state index >= 15 is 0 Å². The molecule has 3 rings (SSSR count). The van der Waals surface area contributed by atoms with Crippen LogP contribution in [0.1, 0.15) is 25.7 Å². The van der Waals surface area contributed by atoms with Crippen LogP contribution < -0.4 is 0 Å². The smallest absolute Gasteiger partial charge is 0.311 e. The van der Waals surface area contributed by atoms with Gasteiger partial charge in [-0.2, -0.15) is 0 Å². The summed E-state index contributed by atoms with van der Waals surface area (Å²) in [5.74, 6) is 0.960. The quantitative estimate of drug-likeness (QED) is 0.514. The van der Waals surface area contributed by atoms with Gasteiger partial charge in [0.25, 0.3) is 0 Å². The van der Waals surface area contributed by atoms with Crippen LogP contribution in [0.3, 0.4) is 0 Å². The normalized spacial score (nSPS) is 40.9. The molecule has 17 heavy (non-hydrogen) atoms. The summed E-state index contributed by atoms with van der Waals surface area (Å²) in [5, 5.41) is 10.3. The molecule has 5 atom stereocenters. The number of hydrogen-bond acceptors (Lipinski definition) is 3. The average Bonchev–Trinajstić information content (AvgIpc) is 2.90. The van der Waals surface area contributed by atoms with Crippen molar-refractivity contribution in [2.45, 2.75) is 31.8 Å². The van der Waals surface area contributed by atoms with E-state index in [1.54, 1.807) is 0 Å². The van der Waals surface area contributed by atoms with Crippen LogP contribution in [0.4, 0.5) is 0 Å². The molecular formula is C13H18AcO3. The van der Waals surface area contributed by atoms with Crippen LogP contribution in [-0.4, -0.2) is 23.8 Å². The molecule has 2 aliphatic carbocycles. The molecule has 5 unspecified atom stereocenters. The number of carbonyl (C=O) groups excluding carboxylic acids is 1. The van der Waals surface area contributed by atoms with Crippen LogP contribution in [0.25, 0.3) is 0 Å². The summed E-state index contributed by atoms with van der Waals surface area (Å²) < 4.78 is 5.03. The number of rotatable bonds is 2. The van der Waals surface area contributed by atoms with Gasteiger partial charge in [0.1, 0.15) is 0 Å². The standard InChI is InChI=1S/C13H18O3.Ac/c14-12(10-2-1-5-16-13(10)15)11-7-8-3-4-9(11)6-8;/h3-4,8-12,14H,1-2,5-7H2;. The molecule has 1 saturated carbocycles. The topological polar surface area (TPSA) is 46.5 Å². The van der Waals surface area contributed by atoms with E-state index in [-0.39, 0.29) is 61.9 Å². The Balaban J connectivity index is 0.00000108. The molecular weight excluding hydrogens is 431 g/mol. The maximum atomic E-state index is 11.6. The molecule has 2 fully saturated rings. The molecule has 3 nitrogen and oxygen atoms in total. The first-order valence-electron chi connectivity index (χ1n) is 6.29. The molecule has 0 aromatic heterocycles. The Bertz CT molecular complexity index is 329. The van der Waals surface area contributed by atoms with E-state index in [4.69, 9.17) is 4.74 Å². The van der Waals surface area contributed by atoms with Gasteiger partial charge in [-0.3, -0.25) is 4.79 Å². The van der Waals surface area contributed by atoms with Crippen LogP contribution in [-0.2, 0) is 9.53 Å². The fourth-order valence-electron chi connectivity index (χ4n) is 3.53. The summed E-state index contributed by atoms with van der Waals surface area (Å²) in [7, 11) is 0. The second-order valence-corrected chi connectivity index (χ2v) is 5.35. The average molecular weight is 449 g/mol. The van der Waals surface area contributed by atoms with E-state index in [0.717, 1.165) is 19.3 Å². The van der Waals surface area contributed by atoms with Crippen molar-refractivity contribution >= 4 is 5.97 Å². The Labute approximate surface area is 138 Å². The Kier molecular flexibility index (Phi) is 4.72. The Morgan fingerprint density at radius 3 is 2.76 bits per heavy atom. The molecule has 0 aromatic carbocycles. The number of aliphatic hydroxyl groups excluding tert-OH is 1. The third-order valence-corrected chi connectivity index (χ3v) is 4.39. The SMILES string of the molecule is O=C1OCCCC1C(O)C1CC2C=CC1C2.[Ac]. The first-order valence-corrected chi connectivity index (χ1v) is 6.29. The van der Waals surface area contributed by atoms with Crippen molar-refractivity contribution in [3.05, 3.63) is 12.2 Å². The van der Waals surface area contributed by atoms with Gasteiger partial charge in [-0.25, -0.2) is 0 Å². The molecule has 2 bridgehead atoms. The summed E-state index contributed by atoms with van der Waals surface area (Å²) in [6.07, 6.45) is 7.88. The molecule has 1 N–H and O–H groups in total. The van der Waals surface area contributed by atoms with Crippen LogP contribution in [0.2, 0.25) is 0 Å². The number of carbonyl (C=O) groups is 1. The van der Waals surface area contributed by atoms with E-state index in [1.807, 2.05) is 0 Å².